The molecule has 0 aliphatic heterocycles. The molecule has 1 nitrogen and oxygen atoms in total. The first kappa shape index (κ1) is 13.4. The summed E-state index contributed by atoms with van der Waals surface area (Å²) in [6.07, 6.45) is 8.00. The lowest BCUT2D eigenvalue weighted by atomic mass is 9.95. The summed E-state index contributed by atoms with van der Waals surface area (Å²) in [5.74, 6) is 0.358. The fourth-order valence-electron chi connectivity index (χ4n) is 1.31. The first-order valence-corrected chi connectivity index (χ1v) is 5.59. The summed E-state index contributed by atoms with van der Waals surface area (Å²) >= 11 is 0. The van der Waals surface area contributed by atoms with Gasteiger partial charge in [-0.05, 0) is 25.7 Å². The predicted octanol–water partition coefficient (Wildman–Crippen LogP) is 3.70. The lowest BCUT2D eigenvalue weighted by molar-refractivity contribution is 0.106. The van der Waals surface area contributed by atoms with Gasteiger partial charge in [-0.3, -0.25) is 0 Å². The maximum atomic E-state index is 9.78. The molecule has 0 heterocycles. The summed E-state index contributed by atoms with van der Waals surface area (Å²) in [6, 6.07) is 0. The molecule has 0 aliphatic carbocycles. The van der Waals surface area contributed by atoms with Crippen molar-refractivity contribution in [3.05, 3.63) is 24.3 Å². The molecular formula is C13H24O. The molecule has 0 fully saturated rings. The van der Waals surface area contributed by atoms with Gasteiger partial charge in [0.05, 0.1) is 6.10 Å². The Hall–Kier alpha value is -0.560. The zero-order valence-corrected chi connectivity index (χ0v) is 9.79. The van der Waals surface area contributed by atoms with Crippen LogP contribution >= 0.6 is 0 Å². The Labute approximate surface area is 88.5 Å². The maximum absolute atomic E-state index is 9.78. The van der Waals surface area contributed by atoms with Crippen molar-refractivity contribution in [3.8, 4) is 0 Å². The zero-order valence-electron chi connectivity index (χ0n) is 9.79. The van der Waals surface area contributed by atoms with E-state index in [1.807, 2.05) is 13.0 Å². The van der Waals surface area contributed by atoms with Crippen LogP contribution in [0.1, 0.15) is 46.5 Å². The molecule has 0 rings (SSSR count). The van der Waals surface area contributed by atoms with E-state index in [0.29, 0.717) is 5.92 Å². The van der Waals surface area contributed by atoms with Crippen molar-refractivity contribution in [2.45, 2.75) is 52.6 Å². The predicted molar refractivity (Wildman–Crippen MR) is 63.3 cm³/mol. The fourth-order valence-corrected chi connectivity index (χ4v) is 1.31. The molecule has 1 N–H and O–H groups in total. The van der Waals surface area contributed by atoms with Crippen molar-refractivity contribution in [3.63, 3.8) is 0 Å². The van der Waals surface area contributed by atoms with Crippen LogP contribution in [0.25, 0.3) is 0 Å². The second-order valence-corrected chi connectivity index (χ2v) is 4.07. The average molecular weight is 196 g/mol. The Balaban J connectivity index is 3.82. The number of aliphatic hydroxyl groups excluding tert-OH is 1. The second kappa shape index (κ2) is 7.81. The van der Waals surface area contributed by atoms with E-state index in [4.69, 9.17) is 0 Å². The van der Waals surface area contributed by atoms with Gasteiger partial charge in [-0.2, -0.15) is 0 Å². The molecule has 2 atom stereocenters. The number of rotatable bonds is 7. The van der Waals surface area contributed by atoms with E-state index in [1.165, 1.54) is 5.57 Å². The standard InChI is InChI=1S/C13H24O/c1-5-7-8-13(14)12(4)10-9-11(3)6-2/h6,9,12-14H,2,5,7-8,10H2,1,3-4H3/b11-9+. The van der Waals surface area contributed by atoms with Gasteiger partial charge in [0.15, 0.2) is 0 Å². The van der Waals surface area contributed by atoms with Crippen molar-refractivity contribution in [2.24, 2.45) is 5.92 Å². The maximum Gasteiger partial charge on any atom is 0.0568 e. The fraction of sp³-hybridized carbons (Fsp3) is 0.692. The smallest absolute Gasteiger partial charge is 0.0568 e. The summed E-state index contributed by atoms with van der Waals surface area (Å²) in [7, 11) is 0. The van der Waals surface area contributed by atoms with E-state index in [0.717, 1.165) is 25.7 Å². The topological polar surface area (TPSA) is 20.2 Å². The average Bonchev–Trinajstić information content (AvgIpc) is 2.21. The minimum absolute atomic E-state index is 0.149. The molecule has 0 aromatic heterocycles. The van der Waals surface area contributed by atoms with Crippen molar-refractivity contribution in [2.75, 3.05) is 0 Å². The number of hydrogen-bond acceptors (Lipinski definition) is 1. The van der Waals surface area contributed by atoms with Gasteiger partial charge >= 0.3 is 0 Å². The number of unbranched alkanes of at least 4 members (excludes halogenated alkanes) is 1. The van der Waals surface area contributed by atoms with Gasteiger partial charge < -0.3 is 5.11 Å². The lowest BCUT2D eigenvalue weighted by Gasteiger charge is -2.16. The SMILES string of the molecule is C=C/C(C)=C/CC(C)C(O)CCCC. The Bertz CT molecular complexity index is 182. The summed E-state index contributed by atoms with van der Waals surface area (Å²) in [5.41, 5.74) is 1.19. The van der Waals surface area contributed by atoms with Crippen LogP contribution in [-0.2, 0) is 0 Å². The van der Waals surface area contributed by atoms with Gasteiger partial charge in [0, 0.05) is 0 Å². The molecule has 0 saturated carbocycles. The Morgan fingerprint density at radius 1 is 1.50 bits per heavy atom. The summed E-state index contributed by atoms with van der Waals surface area (Å²) in [6.45, 7) is 10.00. The third kappa shape index (κ3) is 5.98. The van der Waals surface area contributed by atoms with E-state index in [1.54, 1.807) is 0 Å². The first-order chi connectivity index (χ1) is 6.61. The highest BCUT2D eigenvalue weighted by Crippen LogP contribution is 2.15. The molecular weight excluding hydrogens is 172 g/mol. The van der Waals surface area contributed by atoms with Crippen molar-refractivity contribution in [1.29, 1.82) is 0 Å². The monoisotopic (exact) mass is 196 g/mol. The molecule has 1 heteroatoms. The first-order valence-electron chi connectivity index (χ1n) is 5.59. The van der Waals surface area contributed by atoms with Gasteiger partial charge in [-0.15, -0.1) is 0 Å². The normalized spacial score (nSPS) is 16.4. The van der Waals surface area contributed by atoms with Gasteiger partial charge in [0.1, 0.15) is 0 Å². The number of hydrogen-bond donors (Lipinski definition) is 1. The van der Waals surface area contributed by atoms with Crippen LogP contribution < -0.4 is 0 Å². The highest BCUT2D eigenvalue weighted by atomic mass is 16.3. The van der Waals surface area contributed by atoms with Crippen molar-refractivity contribution < 1.29 is 5.11 Å². The highest BCUT2D eigenvalue weighted by molar-refractivity contribution is 5.12. The Morgan fingerprint density at radius 2 is 2.14 bits per heavy atom. The highest BCUT2D eigenvalue weighted by Gasteiger charge is 2.11. The van der Waals surface area contributed by atoms with Gasteiger partial charge in [0.25, 0.3) is 0 Å². The molecule has 14 heavy (non-hydrogen) atoms. The van der Waals surface area contributed by atoms with Crippen LogP contribution in [0, 0.1) is 5.92 Å². The molecule has 0 radical (unpaired) electrons. The van der Waals surface area contributed by atoms with Crippen LogP contribution in [-0.4, -0.2) is 11.2 Å². The largest absolute Gasteiger partial charge is 0.393 e. The molecule has 82 valence electrons. The molecule has 0 amide bonds. The lowest BCUT2D eigenvalue weighted by Crippen LogP contribution is -2.16. The van der Waals surface area contributed by atoms with Crippen LogP contribution in [0.15, 0.2) is 24.3 Å². The van der Waals surface area contributed by atoms with Crippen molar-refractivity contribution in [1.82, 2.24) is 0 Å². The Morgan fingerprint density at radius 3 is 2.64 bits per heavy atom. The van der Waals surface area contributed by atoms with E-state index in [2.05, 4.69) is 26.5 Å². The molecule has 0 bridgehead atoms. The number of allylic oxidation sites excluding steroid dienone is 3. The van der Waals surface area contributed by atoms with Gasteiger partial charge in [0.2, 0.25) is 0 Å². The Kier molecular flexibility index (Phi) is 7.50. The minimum Gasteiger partial charge on any atom is -0.393 e. The van der Waals surface area contributed by atoms with E-state index < -0.39 is 0 Å². The van der Waals surface area contributed by atoms with Gasteiger partial charge in [-0.1, -0.05) is 51.0 Å². The molecule has 2 unspecified atom stereocenters. The quantitative estimate of drug-likeness (QED) is 0.616. The summed E-state index contributed by atoms with van der Waals surface area (Å²) in [5, 5.41) is 9.78. The van der Waals surface area contributed by atoms with E-state index in [-0.39, 0.29) is 6.10 Å². The molecule has 0 saturated heterocycles. The van der Waals surface area contributed by atoms with Crippen LogP contribution in [0.5, 0.6) is 0 Å². The van der Waals surface area contributed by atoms with Crippen LogP contribution in [0.3, 0.4) is 0 Å². The van der Waals surface area contributed by atoms with E-state index >= 15 is 0 Å². The molecule has 0 aliphatic rings. The third-order valence-electron chi connectivity index (χ3n) is 2.64. The molecule has 0 spiro atoms. The van der Waals surface area contributed by atoms with Crippen LogP contribution in [0.2, 0.25) is 0 Å². The minimum atomic E-state index is -0.149. The third-order valence-corrected chi connectivity index (χ3v) is 2.64. The number of aliphatic hydroxyl groups is 1. The molecule has 0 aromatic carbocycles. The second-order valence-electron chi connectivity index (χ2n) is 4.07. The molecule has 0 aromatic rings. The van der Waals surface area contributed by atoms with Crippen LogP contribution in [0.4, 0.5) is 0 Å². The van der Waals surface area contributed by atoms with Crippen molar-refractivity contribution >= 4 is 0 Å². The van der Waals surface area contributed by atoms with E-state index in [9.17, 15) is 5.11 Å². The van der Waals surface area contributed by atoms with Gasteiger partial charge in [-0.25, -0.2) is 0 Å². The summed E-state index contributed by atoms with van der Waals surface area (Å²) < 4.78 is 0. The summed E-state index contributed by atoms with van der Waals surface area (Å²) in [4.78, 5) is 0. The zero-order chi connectivity index (χ0) is 11.0.